The number of ether oxygens (including phenoxy) is 1. The summed E-state index contributed by atoms with van der Waals surface area (Å²) in [5, 5.41) is 3.97. The van der Waals surface area contributed by atoms with Crippen LogP contribution in [0.3, 0.4) is 0 Å². The van der Waals surface area contributed by atoms with Crippen molar-refractivity contribution < 1.29 is 14.1 Å². The van der Waals surface area contributed by atoms with E-state index in [1.807, 2.05) is 24.0 Å². The van der Waals surface area contributed by atoms with Gasteiger partial charge in [0.15, 0.2) is 0 Å². The normalized spacial score (nSPS) is 26.4. The van der Waals surface area contributed by atoms with Crippen LogP contribution in [0.1, 0.15) is 46.7 Å². The summed E-state index contributed by atoms with van der Waals surface area (Å²) in [4.78, 5) is 23.0. The number of pyridine rings is 1. The highest BCUT2D eigenvalue weighted by atomic mass is 16.5. The number of carbonyl (C=O) groups excluding carboxylic acids is 1. The van der Waals surface area contributed by atoms with Crippen molar-refractivity contribution >= 4 is 5.91 Å². The standard InChI is InChI=1S/C17H20N4O3/c1-10-3-4-13(8-18-10)17(22)21-6-5-12-7-14(23-15(12)9-21)16-19-11(2)24-20-16/h3-4,8,12,14-15H,5-7,9H2,1-2H3/t12-,14-,15+/m0/s1. The van der Waals surface area contributed by atoms with Crippen LogP contribution in [0.4, 0.5) is 0 Å². The molecule has 4 rings (SSSR count). The van der Waals surface area contributed by atoms with Crippen LogP contribution in [-0.4, -0.2) is 45.1 Å². The van der Waals surface area contributed by atoms with Crippen molar-refractivity contribution in [2.24, 2.45) is 5.92 Å². The van der Waals surface area contributed by atoms with E-state index in [1.165, 1.54) is 0 Å². The molecule has 0 spiro atoms. The lowest BCUT2D eigenvalue weighted by molar-refractivity contribution is -0.00748. The molecule has 7 nitrogen and oxygen atoms in total. The van der Waals surface area contributed by atoms with Gasteiger partial charge in [0.05, 0.1) is 11.7 Å². The Bertz CT molecular complexity index is 743. The fraction of sp³-hybridized carbons (Fsp3) is 0.529. The third kappa shape index (κ3) is 2.80. The number of fused-ring (bicyclic) bond motifs is 1. The molecule has 7 heteroatoms. The maximum atomic E-state index is 12.6. The zero-order valence-corrected chi connectivity index (χ0v) is 13.8. The zero-order chi connectivity index (χ0) is 16.7. The number of rotatable bonds is 2. The Hall–Kier alpha value is -2.28. The Labute approximate surface area is 140 Å². The minimum Gasteiger partial charge on any atom is -0.365 e. The smallest absolute Gasteiger partial charge is 0.255 e. The first kappa shape index (κ1) is 15.3. The van der Waals surface area contributed by atoms with E-state index in [1.54, 1.807) is 13.1 Å². The number of hydrogen-bond donors (Lipinski definition) is 0. The van der Waals surface area contributed by atoms with Crippen LogP contribution < -0.4 is 0 Å². The topological polar surface area (TPSA) is 81.4 Å². The van der Waals surface area contributed by atoms with Gasteiger partial charge in [-0.15, -0.1) is 0 Å². The van der Waals surface area contributed by atoms with Gasteiger partial charge in [-0.05, 0) is 37.8 Å². The lowest BCUT2D eigenvalue weighted by atomic mass is 9.91. The van der Waals surface area contributed by atoms with E-state index < -0.39 is 0 Å². The molecular formula is C17H20N4O3. The Morgan fingerprint density at radius 2 is 2.21 bits per heavy atom. The zero-order valence-electron chi connectivity index (χ0n) is 13.8. The SMILES string of the molecule is Cc1ccc(C(=O)N2CC[C@H]3C[C@@H](c4noc(C)n4)O[C@@H]3C2)cn1. The Balaban J connectivity index is 1.44. The molecule has 3 atom stereocenters. The summed E-state index contributed by atoms with van der Waals surface area (Å²) in [5.41, 5.74) is 1.53. The van der Waals surface area contributed by atoms with Crippen LogP contribution in [0.25, 0.3) is 0 Å². The molecule has 2 saturated heterocycles. The van der Waals surface area contributed by atoms with Crippen LogP contribution in [0.5, 0.6) is 0 Å². The van der Waals surface area contributed by atoms with E-state index in [0.29, 0.717) is 29.7 Å². The largest absolute Gasteiger partial charge is 0.365 e. The molecule has 1 amide bonds. The summed E-state index contributed by atoms with van der Waals surface area (Å²) in [6, 6.07) is 3.69. The summed E-state index contributed by atoms with van der Waals surface area (Å²) >= 11 is 0. The van der Waals surface area contributed by atoms with Crippen molar-refractivity contribution in [1.29, 1.82) is 0 Å². The number of aryl methyl sites for hydroxylation is 2. The molecule has 0 N–H and O–H groups in total. The number of nitrogens with zero attached hydrogens (tertiary/aromatic N) is 4. The third-order valence-corrected chi connectivity index (χ3v) is 4.83. The van der Waals surface area contributed by atoms with Crippen LogP contribution in [0, 0.1) is 19.8 Å². The summed E-state index contributed by atoms with van der Waals surface area (Å²) in [6.45, 7) is 5.03. The van der Waals surface area contributed by atoms with Gasteiger partial charge in [-0.2, -0.15) is 4.98 Å². The van der Waals surface area contributed by atoms with Gasteiger partial charge in [-0.3, -0.25) is 9.78 Å². The fourth-order valence-corrected chi connectivity index (χ4v) is 3.50. The highest BCUT2D eigenvalue weighted by Gasteiger charge is 2.42. The second kappa shape index (κ2) is 5.98. The molecule has 2 fully saturated rings. The van der Waals surface area contributed by atoms with Crippen molar-refractivity contribution in [3.05, 3.63) is 41.3 Å². The quantitative estimate of drug-likeness (QED) is 0.839. The van der Waals surface area contributed by atoms with Gasteiger partial charge < -0.3 is 14.2 Å². The number of likely N-dealkylation sites (tertiary alicyclic amines) is 1. The Morgan fingerprint density at radius 1 is 1.33 bits per heavy atom. The second-order valence-electron chi connectivity index (χ2n) is 6.56. The van der Waals surface area contributed by atoms with Crippen LogP contribution in [0.2, 0.25) is 0 Å². The van der Waals surface area contributed by atoms with Crippen molar-refractivity contribution in [2.45, 2.75) is 38.9 Å². The summed E-state index contributed by atoms with van der Waals surface area (Å²) in [7, 11) is 0. The van der Waals surface area contributed by atoms with Crippen molar-refractivity contribution in [1.82, 2.24) is 20.0 Å². The summed E-state index contributed by atoms with van der Waals surface area (Å²) < 4.78 is 11.2. The van der Waals surface area contributed by atoms with Crippen LogP contribution in [-0.2, 0) is 4.74 Å². The van der Waals surface area contributed by atoms with Gasteiger partial charge in [0, 0.05) is 31.9 Å². The molecule has 0 saturated carbocycles. The first-order chi connectivity index (χ1) is 11.6. The lowest BCUT2D eigenvalue weighted by Crippen LogP contribution is -2.45. The monoisotopic (exact) mass is 328 g/mol. The van der Waals surface area contributed by atoms with E-state index in [9.17, 15) is 4.79 Å². The van der Waals surface area contributed by atoms with E-state index in [0.717, 1.165) is 25.1 Å². The predicted octanol–water partition coefficient (Wildman–Crippen LogP) is 2.07. The van der Waals surface area contributed by atoms with Gasteiger partial charge >= 0.3 is 0 Å². The first-order valence-corrected chi connectivity index (χ1v) is 8.28. The van der Waals surface area contributed by atoms with Gasteiger partial charge in [0.2, 0.25) is 11.7 Å². The van der Waals surface area contributed by atoms with E-state index in [2.05, 4.69) is 15.1 Å². The number of hydrogen-bond acceptors (Lipinski definition) is 6. The summed E-state index contributed by atoms with van der Waals surface area (Å²) in [5.74, 6) is 1.62. The minimum atomic E-state index is -0.131. The Morgan fingerprint density at radius 3 is 2.92 bits per heavy atom. The molecule has 0 unspecified atom stereocenters. The fourth-order valence-electron chi connectivity index (χ4n) is 3.50. The first-order valence-electron chi connectivity index (χ1n) is 8.28. The number of carbonyl (C=O) groups is 1. The van der Waals surface area contributed by atoms with Gasteiger partial charge in [0.1, 0.15) is 6.10 Å². The molecule has 0 radical (unpaired) electrons. The molecule has 2 aliphatic heterocycles. The molecule has 24 heavy (non-hydrogen) atoms. The minimum absolute atomic E-state index is 0.0170. The van der Waals surface area contributed by atoms with Gasteiger partial charge in [0.25, 0.3) is 5.91 Å². The number of amides is 1. The number of piperidine rings is 1. The maximum Gasteiger partial charge on any atom is 0.255 e. The lowest BCUT2D eigenvalue weighted by Gasteiger charge is -2.34. The highest BCUT2D eigenvalue weighted by Crippen LogP contribution is 2.40. The molecule has 0 aliphatic carbocycles. The van der Waals surface area contributed by atoms with Crippen molar-refractivity contribution in [3.63, 3.8) is 0 Å². The average molecular weight is 328 g/mol. The molecule has 2 aliphatic rings. The number of aromatic nitrogens is 3. The molecule has 4 heterocycles. The van der Waals surface area contributed by atoms with Gasteiger partial charge in [-0.25, -0.2) is 0 Å². The molecule has 2 aromatic heterocycles. The third-order valence-electron chi connectivity index (χ3n) is 4.83. The van der Waals surface area contributed by atoms with Crippen LogP contribution in [0.15, 0.2) is 22.9 Å². The molecule has 2 aromatic rings. The predicted molar refractivity (Wildman–Crippen MR) is 84.3 cm³/mol. The Kier molecular flexibility index (Phi) is 3.80. The van der Waals surface area contributed by atoms with Crippen molar-refractivity contribution in [2.75, 3.05) is 13.1 Å². The second-order valence-corrected chi connectivity index (χ2v) is 6.56. The molecular weight excluding hydrogens is 308 g/mol. The van der Waals surface area contributed by atoms with Crippen LogP contribution >= 0.6 is 0 Å². The van der Waals surface area contributed by atoms with E-state index >= 15 is 0 Å². The molecule has 0 aromatic carbocycles. The van der Waals surface area contributed by atoms with E-state index in [-0.39, 0.29) is 18.1 Å². The van der Waals surface area contributed by atoms with Gasteiger partial charge in [-0.1, -0.05) is 5.16 Å². The highest BCUT2D eigenvalue weighted by molar-refractivity contribution is 5.94. The van der Waals surface area contributed by atoms with Crippen molar-refractivity contribution in [3.8, 4) is 0 Å². The molecule has 0 bridgehead atoms. The van der Waals surface area contributed by atoms with E-state index in [4.69, 9.17) is 9.26 Å². The summed E-state index contributed by atoms with van der Waals surface area (Å²) in [6.07, 6.45) is 3.36. The molecule has 126 valence electrons. The maximum absolute atomic E-state index is 12.6. The average Bonchev–Trinajstić information content (AvgIpc) is 3.20.